The maximum atomic E-state index is 13.1. The molecule has 0 saturated carbocycles. The lowest BCUT2D eigenvalue weighted by Gasteiger charge is -2.36. The Kier molecular flexibility index (Phi) is 5.06. The first-order valence-corrected chi connectivity index (χ1v) is 9.35. The normalized spacial score (nSPS) is 14.5. The molecule has 1 fully saturated rings. The molecule has 1 saturated heterocycles. The van der Waals surface area contributed by atoms with Crippen LogP contribution in [0.5, 0.6) is 0 Å². The van der Waals surface area contributed by atoms with Crippen molar-refractivity contribution in [3.8, 4) is 0 Å². The minimum absolute atomic E-state index is 0.0725. The summed E-state index contributed by atoms with van der Waals surface area (Å²) in [5, 5.41) is 4.79. The van der Waals surface area contributed by atoms with Crippen LogP contribution in [-0.4, -0.2) is 46.8 Å². The van der Waals surface area contributed by atoms with Gasteiger partial charge in [0.25, 0.3) is 0 Å². The van der Waals surface area contributed by atoms with Crippen LogP contribution < -0.4 is 10.3 Å². The van der Waals surface area contributed by atoms with Crippen LogP contribution >= 0.6 is 0 Å². The van der Waals surface area contributed by atoms with Gasteiger partial charge in [0, 0.05) is 43.7 Å². The molecule has 1 aliphatic heterocycles. The van der Waals surface area contributed by atoms with Gasteiger partial charge >= 0.3 is 0 Å². The van der Waals surface area contributed by atoms with Crippen LogP contribution in [0.1, 0.15) is 6.42 Å². The van der Waals surface area contributed by atoms with Crippen molar-refractivity contribution in [3.05, 3.63) is 70.8 Å². The van der Waals surface area contributed by atoms with E-state index in [1.807, 2.05) is 23.1 Å². The van der Waals surface area contributed by atoms with E-state index in [9.17, 15) is 14.0 Å². The maximum Gasteiger partial charge on any atom is 0.224 e. The van der Waals surface area contributed by atoms with Gasteiger partial charge in [-0.25, -0.2) is 4.39 Å². The highest BCUT2D eigenvalue weighted by Gasteiger charge is 2.21. The van der Waals surface area contributed by atoms with Gasteiger partial charge in [-0.2, -0.15) is 5.10 Å². The fourth-order valence-corrected chi connectivity index (χ4v) is 3.56. The van der Waals surface area contributed by atoms with Crippen molar-refractivity contribution in [2.24, 2.45) is 0 Å². The highest BCUT2D eigenvalue weighted by Crippen LogP contribution is 2.17. The Labute approximate surface area is 161 Å². The molecule has 6 nitrogen and oxygen atoms in total. The molecule has 144 valence electrons. The number of aryl methyl sites for hydroxylation is 1. The SMILES string of the molecule is O=C(CCn1ncc(=O)c2ccccc21)N1CCN(c2ccc(F)cc2)CC1. The highest BCUT2D eigenvalue weighted by atomic mass is 19.1. The van der Waals surface area contributed by atoms with E-state index in [2.05, 4.69) is 10.00 Å². The summed E-state index contributed by atoms with van der Waals surface area (Å²) in [6, 6.07) is 13.7. The molecular formula is C21H21FN4O2. The molecular weight excluding hydrogens is 359 g/mol. The first-order valence-electron chi connectivity index (χ1n) is 9.35. The van der Waals surface area contributed by atoms with E-state index in [0.717, 1.165) is 24.3 Å². The van der Waals surface area contributed by atoms with E-state index in [1.54, 1.807) is 22.9 Å². The lowest BCUT2D eigenvalue weighted by Crippen LogP contribution is -2.49. The van der Waals surface area contributed by atoms with Crippen LogP contribution in [0.15, 0.2) is 59.5 Å². The predicted octanol–water partition coefficient (Wildman–Crippen LogP) is 2.27. The van der Waals surface area contributed by atoms with Gasteiger partial charge in [0.2, 0.25) is 11.3 Å². The molecule has 0 N–H and O–H groups in total. The van der Waals surface area contributed by atoms with Crippen molar-refractivity contribution in [1.82, 2.24) is 14.7 Å². The molecule has 4 rings (SSSR count). The molecule has 0 aliphatic carbocycles. The fraction of sp³-hybridized carbons (Fsp3) is 0.286. The van der Waals surface area contributed by atoms with E-state index >= 15 is 0 Å². The van der Waals surface area contributed by atoms with Crippen molar-refractivity contribution in [2.75, 3.05) is 31.1 Å². The first kappa shape index (κ1) is 18.2. The number of nitrogens with zero attached hydrogens (tertiary/aromatic N) is 4. The number of hydrogen-bond donors (Lipinski definition) is 0. The number of halogens is 1. The Morgan fingerprint density at radius 2 is 1.71 bits per heavy atom. The van der Waals surface area contributed by atoms with Crippen molar-refractivity contribution >= 4 is 22.5 Å². The van der Waals surface area contributed by atoms with E-state index in [4.69, 9.17) is 0 Å². The number of aromatic nitrogens is 2. The van der Waals surface area contributed by atoms with Crippen LogP contribution in [0.4, 0.5) is 10.1 Å². The minimum atomic E-state index is -0.249. The van der Waals surface area contributed by atoms with Gasteiger partial charge in [-0.3, -0.25) is 14.3 Å². The van der Waals surface area contributed by atoms with Crippen molar-refractivity contribution in [3.63, 3.8) is 0 Å². The summed E-state index contributed by atoms with van der Waals surface area (Å²) in [4.78, 5) is 28.5. The van der Waals surface area contributed by atoms with Gasteiger partial charge in [-0.15, -0.1) is 0 Å². The second-order valence-corrected chi connectivity index (χ2v) is 6.84. The Morgan fingerprint density at radius 3 is 2.46 bits per heavy atom. The van der Waals surface area contributed by atoms with E-state index < -0.39 is 0 Å². The zero-order valence-corrected chi connectivity index (χ0v) is 15.4. The number of anilines is 1. The first-order chi connectivity index (χ1) is 13.6. The zero-order valence-electron chi connectivity index (χ0n) is 15.4. The Bertz CT molecular complexity index is 1040. The van der Waals surface area contributed by atoms with Crippen LogP contribution in [-0.2, 0) is 11.3 Å². The number of carbonyl (C=O) groups excluding carboxylic acids is 1. The average Bonchev–Trinajstić information content (AvgIpc) is 2.74. The molecule has 1 aromatic heterocycles. The number of piperazine rings is 1. The molecule has 1 aliphatic rings. The van der Waals surface area contributed by atoms with Gasteiger partial charge in [0.1, 0.15) is 5.82 Å². The van der Waals surface area contributed by atoms with E-state index in [1.165, 1.54) is 18.3 Å². The molecule has 0 atom stereocenters. The Hall–Kier alpha value is -3.22. The molecule has 0 radical (unpaired) electrons. The van der Waals surface area contributed by atoms with Crippen molar-refractivity contribution in [2.45, 2.75) is 13.0 Å². The summed E-state index contributed by atoms with van der Waals surface area (Å²) in [6.07, 6.45) is 1.63. The second-order valence-electron chi connectivity index (χ2n) is 6.84. The monoisotopic (exact) mass is 380 g/mol. The Morgan fingerprint density at radius 1 is 1.00 bits per heavy atom. The van der Waals surface area contributed by atoms with Gasteiger partial charge in [-0.05, 0) is 36.4 Å². The quantitative estimate of drug-likeness (QED) is 0.697. The maximum absolute atomic E-state index is 13.1. The summed E-state index contributed by atoms with van der Waals surface area (Å²) >= 11 is 0. The third kappa shape index (κ3) is 3.74. The zero-order chi connectivity index (χ0) is 19.5. The summed E-state index contributed by atoms with van der Waals surface area (Å²) in [6.45, 7) is 3.13. The number of fused-ring (bicyclic) bond motifs is 1. The molecule has 0 bridgehead atoms. The lowest BCUT2D eigenvalue weighted by atomic mass is 10.2. The minimum Gasteiger partial charge on any atom is -0.368 e. The number of amides is 1. The molecule has 2 aromatic carbocycles. The van der Waals surface area contributed by atoms with Crippen molar-refractivity contribution in [1.29, 1.82) is 0 Å². The number of rotatable bonds is 4. The number of hydrogen-bond acceptors (Lipinski definition) is 4. The number of para-hydroxylation sites is 1. The van der Waals surface area contributed by atoms with Crippen LogP contribution in [0.25, 0.3) is 10.9 Å². The average molecular weight is 380 g/mol. The van der Waals surface area contributed by atoms with Crippen LogP contribution in [0.3, 0.4) is 0 Å². The summed E-state index contributed by atoms with van der Waals surface area (Å²) in [5.74, 6) is -0.176. The summed E-state index contributed by atoms with van der Waals surface area (Å²) < 4.78 is 14.8. The number of carbonyl (C=O) groups is 1. The highest BCUT2D eigenvalue weighted by molar-refractivity contribution is 5.79. The van der Waals surface area contributed by atoms with Crippen molar-refractivity contribution < 1.29 is 9.18 Å². The second kappa shape index (κ2) is 7.80. The fourth-order valence-electron chi connectivity index (χ4n) is 3.56. The predicted molar refractivity (Wildman–Crippen MR) is 106 cm³/mol. The lowest BCUT2D eigenvalue weighted by molar-refractivity contribution is -0.131. The molecule has 2 heterocycles. The number of benzene rings is 2. The molecule has 3 aromatic rings. The van der Waals surface area contributed by atoms with Gasteiger partial charge in [0.15, 0.2) is 0 Å². The molecule has 0 unspecified atom stereocenters. The Balaban J connectivity index is 1.36. The summed E-state index contributed by atoms with van der Waals surface area (Å²) in [5.41, 5.74) is 1.59. The van der Waals surface area contributed by atoms with Crippen LogP contribution in [0, 0.1) is 5.82 Å². The smallest absolute Gasteiger partial charge is 0.224 e. The van der Waals surface area contributed by atoms with E-state index in [0.29, 0.717) is 31.4 Å². The van der Waals surface area contributed by atoms with Gasteiger partial charge in [0.05, 0.1) is 18.3 Å². The molecule has 28 heavy (non-hydrogen) atoms. The van der Waals surface area contributed by atoms with Gasteiger partial charge in [-0.1, -0.05) is 12.1 Å². The largest absolute Gasteiger partial charge is 0.368 e. The molecule has 1 amide bonds. The van der Waals surface area contributed by atoms with E-state index in [-0.39, 0.29) is 17.2 Å². The standard InChI is InChI=1S/C21H21FN4O2/c22-16-5-7-17(8-6-16)24-11-13-25(14-12-24)21(28)9-10-26-19-4-2-1-3-18(19)20(27)15-23-26/h1-8,15H,9-14H2. The molecule has 7 heteroatoms. The van der Waals surface area contributed by atoms with Gasteiger partial charge < -0.3 is 9.80 Å². The molecule has 0 spiro atoms. The topological polar surface area (TPSA) is 58.4 Å². The third-order valence-corrected chi connectivity index (χ3v) is 5.12. The third-order valence-electron chi connectivity index (χ3n) is 5.12. The van der Waals surface area contributed by atoms with Crippen LogP contribution in [0.2, 0.25) is 0 Å². The summed E-state index contributed by atoms with van der Waals surface area (Å²) in [7, 11) is 0.